The van der Waals surface area contributed by atoms with Crippen molar-refractivity contribution in [3.05, 3.63) is 23.8 Å². The molecule has 2 aromatic rings. The van der Waals surface area contributed by atoms with Gasteiger partial charge in [0.15, 0.2) is 5.95 Å². The molecule has 1 atom stereocenters. The zero-order valence-corrected chi connectivity index (χ0v) is 13.4. The Morgan fingerprint density at radius 2 is 2.08 bits per heavy atom. The lowest BCUT2D eigenvalue weighted by molar-refractivity contribution is -0.139. The number of amides is 1. The minimum absolute atomic E-state index is 0.281. The summed E-state index contributed by atoms with van der Waals surface area (Å²) in [7, 11) is 0. The molecular formula is C17H22N4O3. The summed E-state index contributed by atoms with van der Waals surface area (Å²) in [6.07, 6.45) is 6.06. The van der Waals surface area contributed by atoms with Crippen molar-refractivity contribution in [2.24, 2.45) is 5.92 Å². The Morgan fingerprint density at radius 1 is 1.33 bits per heavy atom. The number of nitrogens with zero attached hydrogens (tertiary/aromatic N) is 1. The monoisotopic (exact) mass is 330 g/mol. The molecule has 128 valence electrons. The fraction of sp³-hybridized carbons (Fsp3) is 0.471. The standard InChI is InChI=1S/C17H22N4O3/c18-17-20-12-7-6-11(9-13(12)21-17)15(22)19-14(16(23)24)8-10-4-2-1-3-5-10/h6-7,9-10,14H,1-5,8H2,(H,19,22)(H,23,24)(H3,18,20,21). The van der Waals surface area contributed by atoms with E-state index in [9.17, 15) is 14.7 Å². The molecule has 0 spiro atoms. The molecule has 3 rings (SSSR count). The number of hydrogen-bond acceptors (Lipinski definition) is 4. The molecule has 1 fully saturated rings. The first-order valence-corrected chi connectivity index (χ1v) is 8.32. The number of aliphatic carboxylic acids is 1. The molecule has 1 unspecified atom stereocenters. The van der Waals surface area contributed by atoms with E-state index in [1.54, 1.807) is 18.2 Å². The first kappa shape index (κ1) is 16.3. The lowest BCUT2D eigenvalue weighted by Crippen LogP contribution is -2.42. The molecule has 0 aliphatic heterocycles. The topological polar surface area (TPSA) is 121 Å². The number of aromatic amines is 1. The van der Waals surface area contributed by atoms with Crippen LogP contribution in [0.3, 0.4) is 0 Å². The molecule has 0 bridgehead atoms. The fourth-order valence-electron chi connectivity index (χ4n) is 3.39. The first-order valence-electron chi connectivity index (χ1n) is 8.32. The van der Waals surface area contributed by atoms with Crippen molar-refractivity contribution in [3.63, 3.8) is 0 Å². The number of carbonyl (C=O) groups is 2. The van der Waals surface area contributed by atoms with Gasteiger partial charge in [-0.2, -0.15) is 0 Å². The Morgan fingerprint density at radius 3 is 2.79 bits per heavy atom. The van der Waals surface area contributed by atoms with E-state index in [-0.39, 0.29) is 5.95 Å². The maximum Gasteiger partial charge on any atom is 0.326 e. The Bertz CT molecular complexity index is 749. The van der Waals surface area contributed by atoms with E-state index in [1.807, 2.05) is 0 Å². The van der Waals surface area contributed by atoms with Crippen molar-refractivity contribution in [3.8, 4) is 0 Å². The molecule has 1 aliphatic rings. The third kappa shape index (κ3) is 3.67. The number of H-pyrrole nitrogens is 1. The number of carboxylic acids is 1. The molecule has 24 heavy (non-hydrogen) atoms. The average molecular weight is 330 g/mol. The number of anilines is 1. The first-order chi connectivity index (χ1) is 11.5. The number of hydrogen-bond donors (Lipinski definition) is 4. The molecule has 1 aliphatic carbocycles. The molecule has 0 saturated heterocycles. The van der Waals surface area contributed by atoms with E-state index in [0.717, 1.165) is 31.2 Å². The molecule has 1 saturated carbocycles. The van der Waals surface area contributed by atoms with Gasteiger partial charge in [-0.25, -0.2) is 9.78 Å². The Labute approximate surface area is 139 Å². The van der Waals surface area contributed by atoms with Gasteiger partial charge in [-0.15, -0.1) is 0 Å². The van der Waals surface area contributed by atoms with Crippen molar-refractivity contribution >= 4 is 28.9 Å². The number of aromatic nitrogens is 2. The van der Waals surface area contributed by atoms with Crippen LogP contribution in [0.5, 0.6) is 0 Å². The number of imidazole rings is 1. The van der Waals surface area contributed by atoms with Crippen molar-refractivity contribution in [2.75, 3.05) is 5.73 Å². The summed E-state index contributed by atoms with van der Waals surface area (Å²) in [4.78, 5) is 30.9. The van der Waals surface area contributed by atoms with Crippen LogP contribution in [0.25, 0.3) is 11.0 Å². The zero-order chi connectivity index (χ0) is 17.1. The van der Waals surface area contributed by atoms with Gasteiger partial charge < -0.3 is 21.1 Å². The largest absolute Gasteiger partial charge is 0.480 e. The van der Waals surface area contributed by atoms with Gasteiger partial charge in [0.1, 0.15) is 6.04 Å². The van der Waals surface area contributed by atoms with Crippen LogP contribution in [0.4, 0.5) is 5.95 Å². The molecule has 1 amide bonds. The molecule has 5 N–H and O–H groups in total. The fourth-order valence-corrected chi connectivity index (χ4v) is 3.39. The molecule has 7 heteroatoms. The Hall–Kier alpha value is -2.57. The van der Waals surface area contributed by atoms with Crippen molar-refractivity contribution in [1.29, 1.82) is 0 Å². The number of fused-ring (bicyclic) bond motifs is 1. The van der Waals surface area contributed by atoms with Crippen LogP contribution in [-0.4, -0.2) is 33.0 Å². The van der Waals surface area contributed by atoms with E-state index in [0.29, 0.717) is 23.4 Å². The number of carboxylic acid groups (broad SMARTS) is 1. The highest BCUT2D eigenvalue weighted by Gasteiger charge is 2.26. The van der Waals surface area contributed by atoms with Crippen LogP contribution in [0.15, 0.2) is 18.2 Å². The van der Waals surface area contributed by atoms with E-state index in [4.69, 9.17) is 5.73 Å². The van der Waals surface area contributed by atoms with Crippen LogP contribution < -0.4 is 11.1 Å². The maximum absolute atomic E-state index is 12.4. The molecule has 1 aromatic carbocycles. The molecule has 1 heterocycles. The van der Waals surface area contributed by atoms with Gasteiger partial charge >= 0.3 is 5.97 Å². The Balaban J connectivity index is 1.70. The van der Waals surface area contributed by atoms with E-state index >= 15 is 0 Å². The predicted octanol–water partition coefficient (Wildman–Crippen LogP) is 2.30. The van der Waals surface area contributed by atoms with Gasteiger partial charge in [-0.3, -0.25) is 4.79 Å². The number of nitrogen functional groups attached to an aromatic ring is 1. The number of nitrogens with one attached hydrogen (secondary N) is 2. The van der Waals surface area contributed by atoms with Crippen molar-refractivity contribution in [2.45, 2.75) is 44.6 Å². The summed E-state index contributed by atoms with van der Waals surface area (Å²) in [6.45, 7) is 0. The van der Waals surface area contributed by atoms with E-state index in [2.05, 4.69) is 15.3 Å². The van der Waals surface area contributed by atoms with Gasteiger partial charge in [0.25, 0.3) is 5.91 Å². The second kappa shape index (κ2) is 6.90. The zero-order valence-electron chi connectivity index (χ0n) is 13.4. The van der Waals surface area contributed by atoms with E-state index in [1.165, 1.54) is 6.42 Å². The SMILES string of the molecule is Nc1nc2cc(C(=O)NC(CC3CCCCC3)C(=O)O)ccc2[nH]1. The summed E-state index contributed by atoms with van der Waals surface area (Å²) in [5, 5.41) is 12.1. The van der Waals surface area contributed by atoms with Crippen molar-refractivity contribution in [1.82, 2.24) is 15.3 Å². The van der Waals surface area contributed by atoms with Gasteiger partial charge in [-0.05, 0) is 30.5 Å². The Kier molecular flexibility index (Phi) is 4.69. The quantitative estimate of drug-likeness (QED) is 0.670. The smallest absolute Gasteiger partial charge is 0.326 e. The molecule has 1 aromatic heterocycles. The van der Waals surface area contributed by atoms with Gasteiger partial charge in [0, 0.05) is 5.56 Å². The van der Waals surface area contributed by atoms with Crippen LogP contribution >= 0.6 is 0 Å². The van der Waals surface area contributed by atoms with Gasteiger partial charge in [-0.1, -0.05) is 32.1 Å². The number of benzene rings is 1. The third-order valence-electron chi connectivity index (χ3n) is 4.66. The minimum Gasteiger partial charge on any atom is -0.480 e. The average Bonchev–Trinajstić information content (AvgIpc) is 2.94. The van der Waals surface area contributed by atoms with E-state index < -0.39 is 17.9 Å². The molecule has 7 nitrogen and oxygen atoms in total. The lowest BCUT2D eigenvalue weighted by Gasteiger charge is -2.25. The number of rotatable bonds is 5. The van der Waals surface area contributed by atoms with Crippen LogP contribution in [0.1, 0.15) is 48.9 Å². The predicted molar refractivity (Wildman–Crippen MR) is 90.6 cm³/mol. The van der Waals surface area contributed by atoms with Crippen LogP contribution in [-0.2, 0) is 4.79 Å². The summed E-state index contributed by atoms with van der Waals surface area (Å²) < 4.78 is 0. The van der Waals surface area contributed by atoms with Crippen LogP contribution in [0, 0.1) is 5.92 Å². The second-order valence-corrected chi connectivity index (χ2v) is 6.46. The lowest BCUT2D eigenvalue weighted by atomic mass is 9.85. The van der Waals surface area contributed by atoms with Gasteiger partial charge in [0.05, 0.1) is 11.0 Å². The molecule has 0 radical (unpaired) electrons. The summed E-state index contributed by atoms with van der Waals surface area (Å²) in [5.41, 5.74) is 7.29. The highest BCUT2D eigenvalue weighted by molar-refractivity contribution is 5.99. The van der Waals surface area contributed by atoms with Crippen molar-refractivity contribution < 1.29 is 14.7 Å². The highest BCUT2D eigenvalue weighted by atomic mass is 16.4. The minimum atomic E-state index is -0.987. The van der Waals surface area contributed by atoms with Crippen LogP contribution in [0.2, 0.25) is 0 Å². The third-order valence-corrected chi connectivity index (χ3v) is 4.66. The highest BCUT2D eigenvalue weighted by Crippen LogP contribution is 2.27. The molecular weight excluding hydrogens is 308 g/mol. The summed E-state index contributed by atoms with van der Waals surface area (Å²) in [5.74, 6) is -0.738. The number of carbonyl (C=O) groups excluding carboxylic acids is 1. The normalized spacial score (nSPS) is 16.8. The number of nitrogens with two attached hydrogens (primary N) is 1. The summed E-state index contributed by atoms with van der Waals surface area (Å²) >= 11 is 0. The second-order valence-electron chi connectivity index (χ2n) is 6.46. The maximum atomic E-state index is 12.4. The summed E-state index contributed by atoms with van der Waals surface area (Å²) in [6, 6.07) is 4.09. The van der Waals surface area contributed by atoms with Gasteiger partial charge in [0.2, 0.25) is 0 Å².